The molecule has 1 N–H and O–H groups in total. The largest absolute Gasteiger partial charge is 0.306 e. The SMILES string of the molecule is CCCCNC(c1ccc(C=O)cc1)C(Cl)(Cl)Cl. The van der Waals surface area contributed by atoms with Gasteiger partial charge in [0.15, 0.2) is 0 Å². The number of nitrogens with one attached hydrogen (secondary N) is 1. The third-order valence-electron chi connectivity index (χ3n) is 2.61. The van der Waals surface area contributed by atoms with Crippen molar-refractivity contribution in [3.8, 4) is 0 Å². The van der Waals surface area contributed by atoms with Gasteiger partial charge in [-0.05, 0) is 18.5 Å². The van der Waals surface area contributed by atoms with Gasteiger partial charge in [-0.1, -0.05) is 72.4 Å². The molecule has 5 heteroatoms. The van der Waals surface area contributed by atoms with Crippen molar-refractivity contribution in [1.82, 2.24) is 5.32 Å². The zero-order valence-corrected chi connectivity index (χ0v) is 12.4. The van der Waals surface area contributed by atoms with Gasteiger partial charge in [0, 0.05) is 5.56 Å². The fourth-order valence-corrected chi connectivity index (χ4v) is 2.22. The van der Waals surface area contributed by atoms with Gasteiger partial charge in [0.1, 0.15) is 6.29 Å². The van der Waals surface area contributed by atoms with E-state index in [1.807, 2.05) is 0 Å². The van der Waals surface area contributed by atoms with Crippen molar-refractivity contribution in [3.63, 3.8) is 0 Å². The van der Waals surface area contributed by atoms with Gasteiger partial charge >= 0.3 is 0 Å². The van der Waals surface area contributed by atoms with E-state index < -0.39 is 3.79 Å². The number of unbranched alkanes of at least 4 members (excludes halogenated alkanes) is 1. The maximum Gasteiger partial charge on any atom is 0.209 e. The van der Waals surface area contributed by atoms with Crippen molar-refractivity contribution >= 4 is 41.1 Å². The Hall–Kier alpha value is -0.280. The summed E-state index contributed by atoms with van der Waals surface area (Å²) in [7, 11) is 0. The van der Waals surface area contributed by atoms with E-state index in [9.17, 15) is 4.79 Å². The van der Waals surface area contributed by atoms with Crippen LogP contribution in [-0.2, 0) is 0 Å². The Morgan fingerprint density at radius 2 is 1.89 bits per heavy atom. The predicted molar refractivity (Wildman–Crippen MR) is 77.8 cm³/mol. The third kappa shape index (κ3) is 4.77. The van der Waals surface area contributed by atoms with E-state index >= 15 is 0 Å². The van der Waals surface area contributed by atoms with Gasteiger partial charge in [-0.3, -0.25) is 4.79 Å². The molecule has 1 unspecified atom stereocenters. The van der Waals surface area contributed by atoms with Crippen LogP contribution >= 0.6 is 34.8 Å². The fraction of sp³-hybridized carbons (Fsp3) is 0.462. The summed E-state index contributed by atoms with van der Waals surface area (Å²) in [6.45, 7) is 2.88. The van der Waals surface area contributed by atoms with E-state index in [1.165, 1.54) is 0 Å². The maximum atomic E-state index is 10.6. The highest BCUT2D eigenvalue weighted by Gasteiger charge is 2.33. The Labute approximate surface area is 123 Å². The smallest absolute Gasteiger partial charge is 0.209 e. The lowest BCUT2D eigenvalue weighted by atomic mass is 10.1. The molecule has 0 bridgehead atoms. The van der Waals surface area contributed by atoms with E-state index in [2.05, 4.69) is 12.2 Å². The molecule has 0 spiro atoms. The molecule has 1 rings (SSSR count). The Balaban J connectivity index is 2.84. The number of benzene rings is 1. The maximum absolute atomic E-state index is 10.6. The van der Waals surface area contributed by atoms with Crippen molar-refractivity contribution < 1.29 is 4.79 Å². The molecule has 0 fully saturated rings. The Kier molecular flexibility index (Phi) is 6.44. The number of carbonyl (C=O) groups excluding carboxylic acids is 1. The quantitative estimate of drug-likeness (QED) is 0.482. The number of alkyl halides is 3. The number of rotatable bonds is 6. The number of carbonyl (C=O) groups is 1. The Morgan fingerprint density at radius 1 is 1.28 bits per heavy atom. The predicted octanol–water partition coefficient (Wildman–Crippen LogP) is 4.30. The highest BCUT2D eigenvalue weighted by Crippen LogP contribution is 2.39. The summed E-state index contributed by atoms with van der Waals surface area (Å²) < 4.78 is -1.42. The molecule has 0 aliphatic heterocycles. The summed E-state index contributed by atoms with van der Waals surface area (Å²) >= 11 is 18.0. The Morgan fingerprint density at radius 3 is 2.33 bits per heavy atom. The first kappa shape index (κ1) is 15.8. The Bertz CT molecular complexity index is 373. The second kappa shape index (κ2) is 7.34. The van der Waals surface area contributed by atoms with Gasteiger partial charge in [-0.25, -0.2) is 0 Å². The lowest BCUT2D eigenvalue weighted by molar-refractivity contribution is 0.112. The minimum Gasteiger partial charge on any atom is -0.306 e. The first-order valence-corrected chi connectivity index (χ1v) is 6.97. The summed E-state index contributed by atoms with van der Waals surface area (Å²) in [5, 5.41) is 3.23. The van der Waals surface area contributed by atoms with Crippen molar-refractivity contribution in [2.24, 2.45) is 0 Å². The molecule has 0 radical (unpaired) electrons. The zero-order chi connectivity index (χ0) is 13.6. The highest BCUT2D eigenvalue weighted by molar-refractivity contribution is 6.68. The molecule has 0 amide bonds. The molecule has 1 aromatic rings. The van der Waals surface area contributed by atoms with Crippen LogP contribution in [0.3, 0.4) is 0 Å². The van der Waals surface area contributed by atoms with Crippen LogP contribution in [-0.4, -0.2) is 16.6 Å². The lowest BCUT2D eigenvalue weighted by Gasteiger charge is -2.26. The second-order valence-corrected chi connectivity index (χ2v) is 6.44. The molecule has 18 heavy (non-hydrogen) atoms. The normalized spacial score (nSPS) is 13.3. The van der Waals surface area contributed by atoms with Crippen LogP contribution in [0.5, 0.6) is 0 Å². The summed E-state index contributed by atoms with van der Waals surface area (Å²) in [6.07, 6.45) is 2.88. The van der Waals surface area contributed by atoms with Gasteiger partial charge in [-0.2, -0.15) is 0 Å². The van der Waals surface area contributed by atoms with Crippen molar-refractivity contribution in [1.29, 1.82) is 0 Å². The number of aldehydes is 1. The van der Waals surface area contributed by atoms with Gasteiger partial charge < -0.3 is 5.32 Å². The first-order chi connectivity index (χ1) is 8.49. The van der Waals surface area contributed by atoms with Gasteiger partial charge in [-0.15, -0.1) is 0 Å². The molecule has 0 saturated carbocycles. The van der Waals surface area contributed by atoms with E-state index in [1.54, 1.807) is 24.3 Å². The monoisotopic (exact) mass is 307 g/mol. The van der Waals surface area contributed by atoms with Crippen LogP contribution in [0.25, 0.3) is 0 Å². The molecule has 1 aromatic carbocycles. The molecule has 0 aliphatic rings. The van der Waals surface area contributed by atoms with Crippen molar-refractivity contribution in [2.45, 2.75) is 29.6 Å². The molecule has 0 saturated heterocycles. The van der Waals surface area contributed by atoms with Crippen LogP contribution in [0.1, 0.15) is 41.7 Å². The standard InChI is InChI=1S/C13H16Cl3NO/c1-2-3-8-17-12(13(14,15)16)11-6-4-10(9-18)5-7-11/h4-7,9,12,17H,2-3,8H2,1H3. The zero-order valence-electron chi connectivity index (χ0n) is 10.1. The van der Waals surface area contributed by atoms with Crippen molar-refractivity contribution in [2.75, 3.05) is 6.54 Å². The van der Waals surface area contributed by atoms with E-state index in [-0.39, 0.29) is 6.04 Å². The summed E-state index contributed by atoms with van der Waals surface area (Å²) in [5.74, 6) is 0. The van der Waals surface area contributed by atoms with Crippen LogP contribution in [0, 0.1) is 0 Å². The molecule has 0 aliphatic carbocycles. The summed E-state index contributed by atoms with van der Waals surface area (Å²) in [5.41, 5.74) is 1.46. The lowest BCUT2D eigenvalue weighted by Crippen LogP contribution is -2.32. The topological polar surface area (TPSA) is 29.1 Å². The molecule has 1 atom stereocenters. The van der Waals surface area contributed by atoms with Crippen LogP contribution < -0.4 is 5.32 Å². The number of halogens is 3. The number of hydrogen-bond acceptors (Lipinski definition) is 2. The van der Waals surface area contributed by atoms with E-state index in [4.69, 9.17) is 34.8 Å². The van der Waals surface area contributed by atoms with Crippen LogP contribution in [0.2, 0.25) is 0 Å². The average Bonchev–Trinajstić information content (AvgIpc) is 2.33. The first-order valence-electron chi connectivity index (χ1n) is 5.84. The average molecular weight is 309 g/mol. The molecule has 100 valence electrons. The molecule has 0 heterocycles. The molecule has 0 aromatic heterocycles. The van der Waals surface area contributed by atoms with E-state index in [0.29, 0.717) is 5.56 Å². The highest BCUT2D eigenvalue weighted by atomic mass is 35.6. The molecular formula is C13H16Cl3NO. The van der Waals surface area contributed by atoms with Crippen LogP contribution in [0.15, 0.2) is 24.3 Å². The van der Waals surface area contributed by atoms with E-state index in [0.717, 1.165) is 31.2 Å². The van der Waals surface area contributed by atoms with Gasteiger partial charge in [0.25, 0.3) is 0 Å². The molecular weight excluding hydrogens is 293 g/mol. The summed E-state index contributed by atoms with van der Waals surface area (Å²) in [6, 6.07) is 6.65. The van der Waals surface area contributed by atoms with Crippen molar-refractivity contribution in [3.05, 3.63) is 35.4 Å². The minimum absolute atomic E-state index is 0.380. The van der Waals surface area contributed by atoms with Gasteiger partial charge in [0.05, 0.1) is 6.04 Å². The molecule has 2 nitrogen and oxygen atoms in total. The number of hydrogen-bond donors (Lipinski definition) is 1. The fourth-order valence-electron chi connectivity index (χ4n) is 1.61. The van der Waals surface area contributed by atoms with Crippen LogP contribution in [0.4, 0.5) is 0 Å². The van der Waals surface area contributed by atoms with Gasteiger partial charge in [0.2, 0.25) is 3.79 Å². The minimum atomic E-state index is -1.42. The third-order valence-corrected chi connectivity index (χ3v) is 3.27. The summed E-state index contributed by atoms with van der Waals surface area (Å²) in [4.78, 5) is 10.6. The second-order valence-electron chi connectivity index (χ2n) is 4.07.